The first-order valence-corrected chi connectivity index (χ1v) is 8.46. The minimum Gasteiger partial charge on any atom is -0.504 e. The van der Waals surface area contributed by atoms with Gasteiger partial charge in [-0.2, -0.15) is 0 Å². The van der Waals surface area contributed by atoms with Crippen molar-refractivity contribution in [3.8, 4) is 23.1 Å². The lowest BCUT2D eigenvalue weighted by atomic mass is 10.1. The van der Waals surface area contributed by atoms with E-state index < -0.39 is 0 Å². The number of carbonyl (C=O) groups is 1. The molecule has 0 aliphatic carbocycles. The molecular weight excluding hydrogens is 362 g/mol. The topological polar surface area (TPSA) is 107 Å². The molecule has 0 spiro atoms. The number of aryl methyl sites for hydroxylation is 1. The van der Waals surface area contributed by atoms with Crippen LogP contribution in [-0.4, -0.2) is 35.1 Å². The summed E-state index contributed by atoms with van der Waals surface area (Å²) in [6.07, 6.45) is 1.37. The van der Waals surface area contributed by atoms with Crippen LogP contribution in [0.25, 0.3) is 21.9 Å². The first-order chi connectivity index (χ1) is 13.5. The molecule has 0 aliphatic heterocycles. The van der Waals surface area contributed by atoms with Crippen molar-refractivity contribution in [2.45, 2.75) is 6.92 Å². The second-order valence-corrected chi connectivity index (χ2v) is 6.09. The van der Waals surface area contributed by atoms with E-state index in [4.69, 9.17) is 13.9 Å². The fourth-order valence-electron chi connectivity index (χ4n) is 3.08. The van der Waals surface area contributed by atoms with Crippen LogP contribution in [0.4, 0.5) is 0 Å². The van der Waals surface area contributed by atoms with Crippen molar-refractivity contribution in [1.82, 2.24) is 15.3 Å². The summed E-state index contributed by atoms with van der Waals surface area (Å²) in [6, 6.07) is 8.26. The number of amides is 1. The molecule has 8 nitrogen and oxygen atoms in total. The van der Waals surface area contributed by atoms with Crippen LogP contribution in [0.15, 0.2) is 41.1 Å². The molecule has 0 radical (unpaired) electrons. The molecule has 0 bridgehead atoms. The molecule has 4 rings (SSSR count). The highest BCUT2D eigenvalue weighted by molar-refractivity contribution is 6.07. The Bertz CT molecular complexity index is 1220. The fourth-order valence-corrected chi connectivity index (χ4v) is 3.08. The number of benzene rings is 2. The van der Waals surface area contributed by atoms with Gasteiger partial charge in [0.05, 0.1) is 23.6 Å². The zero-order valence-electron chi connectivity index (χ0n) is 15.4. The number of nitrogens with one attached hydrogen (secondary N) is 1. The number of phenols is 1. The van der Waals surface area contributed by atoms with Gasteiger partial charge in [-0.15, -0.1) is 0 Å². The van der Waals surface area contributed by atoms with Crippen molar-refractivity contribution in [1.29, 1.82) is 0 Å². The summed E-state index contributed by atoms with van der Waals surface area (Å²) in [5.41, 5.74) is 1.58. The summed E-state index contributed by atoms with van der Waals surface area (Å²) in [5.74, 6) is 1.33. The second kappa shape index (κ2) is 6.73. The zero-order chi connectivity index (χ0) is 19.8. The molecule has 1 amide bonds. The number of ether oxygens (including phenoxy) is 2. The van der Waals surface area contributed by atoms with Crippen LogP contribution >= 0.6 is 0 Å². The maximum absolute atomic E-state index is 12.1. The Morgan fingerprint density at radius 3 is 2.75 bits per heavy atom. The Labute approximate surface area is 159 Å². The SMILES string of the molecule is CNC(=O)c1c(C)oc2cc(Oc3ncnc4cc(OC)c(O)cc34)ccc12. The van der Waals surface area contributed by atoms with Gasteiger partial charge in [0.1, 0.15) is 23.4 Å². The highest BCUT2D eigenvalue weighted by Gasteiger charge is 2.18. The highest BCUT2D eigenvalue weighted by Crippen LogP contribution is 2.36. The van der Waals surface area contributed by atoms with Crippen LogP contribution in [-0.2, 0) is 0 Å². The summed E-state index contributed by atoms with van der Waals surface area (Å²) in [6.45, 7) is 1.74. The van der Waals surface area contributed by atoms with E-state index in [1.165, 1.54) is 19.5 Å². The van der Waals surface area contributed by atoms with Crippen LogP contribution in [0, 0.1) is 6.92 Å². The highest BCUT2D eigenvalue weighted by atomic mass is 16.5. The molecule has 28 heavy (non-hydrogen) atoms. The molecule has 0 atom stereocenters. The number of hydrogen-bond donors (Lipinski definition) is 2. The number of nitrogens with zero attached hydrogens (tertiary/aromatic N) is 2. The van der Waals surface area contributed by atoms with E-state index in [1.54, 1.807) is 38.2 Å². The molecule has 2 heterocycles. The smallest absolute Gasteiger partial charge is 0.255 e. The molecule has 8 heteroatoms. The van der Waals surface area contributed by atoms with Crippen LogP contribution in [0.2, 0.25) is 0 Å². The van der Waals surface area contributed by atoms with Crippen molar-refractivity contribution in [3.05, 3.63) is 48.0 Å². The number of hydrogen-bond acceptors (Lipinski definition) is 7. The van der Waals surface area contributed by atoms with Crippen molar-refractivity contribution in [3.63, 3.8) is 0 Å². The van der Waals surface area contributed by atoms with Gasteiger partial charge < -0.3 is 24.3 Å². The predicted molar refractivity (Wildman–Crippen MR) is 102 cm³/mol. The lowest BCUT2D eigenvalue weighted by Crippen LogP contribution is -2.18. The average molecular weight is 379 g/mol. The molecule has 0 saturated heterocycles. The lowest BCUT2D eigenvalue weighted by molar-refractivity contribution is 0.0963. The first kappa shape index (κ1) is 17.6. The van der Waals surface area contributed by atoms with Gasteiger partial charge in [-0.3, -0.25) is 4.79 Å². The summed E-state index contributed by atoms with van der Waals surface area (Å²) in [4.78, 5) is 20.4. The van der Waals surface area contributed by atoms with E-state index in [2.05, 4.69) is 15.3 Å². The summed E-state index contributed by atoms with van der Waals surface area (Å²) < 4.78 is 16.7. The number of carbonyl (C=O) groups excluding carboxylic acids is 1. The molecule has 0 aliphatic rings. The number of phenolic OH excluding ortho intramolecular Hbond substituents is 1. The van der Waals surface area contributed by atoms with Gasteiger partial charge in [-0.05, 0) is 25.1 Å². The van der Waals surface area contributed by atoms with Gasteiger partial charge in [-0.1, -0.05) is 0 Å². The number of aromatic nitrogens is 2. The first-order valence-electron chi connectivity index (χ1n) is 8.46. The fraction of sp³-hybridized carbons (Fsp3) is 0.150. The van der Waals surface area contributed by atoms with Crippen LogP contribution in [0.3, 0.4) is 0 Å². The summed E-state index contributed by atoms with van der Waals surface area (Å²) in [5, 5.41) is 13.9. The molecular formula is C20H17N3O5. The monoisotopic (exact) mass is 379 g/mol. The van der Waals surface area contributed by atoms with Gasteiger partial charge >= 0.3 is 0 Å². The van der Waals surface area contributed by atoms with Crippen molar-refractivity contribution in [2.75, 3.05) is 14.2 Å². The van der Waals surface area contributed by atoms with Gasteiger partial charge in [-0.25, -0.2) is 9.97 Å². The number of methoxy groups -OCH3 is 1. The molecule has 2 N–H and O–H groups in total. The van der Waals surface area contributed by atoms with E-state index in [-0.39, 0.29) is 17.5 Å². The van der Waals surface area contributed by atoms with Crippen molar-refractivity contribution in [2.24, 2.45) is 0 Å². The molecule has 0 unspecified atom stereocenters. The van der Waals surface area contributed by atoms with Gasteiger partial charge in [0.2, 0.25) is 5.88 Å². The normalized spacial score (nSPS) is 11.0. The van der Waals surface area contributed by atoms with E-state index in [1.807, 2.05) is 0 Å². The lowest BCUT2D eigenvalue weighted by Gasteiger charge is -2.09. The second-order valence-electron chi connectivity index (χ2n) is 6.09. The molecule has 2 aromatic heterocycles. The van der Waals surface area contributed by atoms with Gasteiger partial charge in [0.15, 0.2) is 11.5 Å². The quantitative estimate of drug-likeness (QED) is 0.558. The largest absolute Gasteiger partial charge is 0.504 e. The molecule has 0 fully saturated rings. The van der Waals surface area contributed by atoms with Crippen LogP contribution in [0.1, 0.15) is 16.1 Å². The molecule has 142 valence electrons. The van der Waals surface area contributed by atoms with E-state index in [9.17, 15) is 9.90 Å². The Balaban J connectivity index is 1.76. The molecule has 4 aromatic rings. The number of aromatic hydroxyl groups is 1. The summed E-state index contributed by atoms with van der Waals surface area (Å²) in [7, 11) is 3.04. The van der Waals surface area contributed by atoms with Gasteiger partial charge in [0, 0.05) is 24.6 Å². The minimum atomic E-state index is -0.212. The third-order valence-electron chi connectivity index (χ3n) is 4.41. The van der Waals surface area contributed by atoms with E-state index in [0.717, 1.165) is 0 Å². The Hall–Kier alpha value is -3.81. The maximum atomic E-state index is 12.1. The molecule has 0 saturated carbocycles. The standard InChI is InChI=1S/C20H17N3O5/c1-10-18(19(25)21-2)12-5-4-11(6-16(12)27-10)28-20-13-7-15(24)17(26-3)8-14(13)22-9-23-20/h4-9,24H,1-3H3,(H,21,25). The summed E-state index contributed by atoms with van der Waals surface area (Å²) >= 11 is 0. The van der Waals surface area contributed by atoms with Crippen LogP contribution in [0.5, 0.6) is 23.1 Å². The molecule has 2 aromatic carbocycles. The average Bonchev–Trinajstić information content (AvgIpc) is 3.02. The van der Waals surface area contributed by atoms with E-state index in [0.29, 0.717) is 44.7 Å². The number of rotatable bonds is 4. The number of fused-ring (bicyclic) bond motifs is 2. The van der Waals surface area contributed by atoms with E-state index >= 15 is 0 Å². The Morgan fingerprint density at radius 1 is 1.18 bits per heavy atom. The third-order valence-corrected chi connectivity index (χ3v) is 4.41. The minimum absolute atomic E-state index is 0.0398. The Kier molecular flexibility index (Phi) is 4.23. The van der Waals surface area contributed by atoms with Crippen molar-refractivity contribution >= 4 is 27.8 Å². The zero-order valence-corrected chi connectivity index (χ0v) is 15.4. The number of furan rings is 1. The Morgan fingerprint density at radius 2 is 2.00 bits per heavy atom. The maximum Gasteiger partial charge on any atom is 0.255 e. The predicted octanol–water partition coefficient (Wildman–Crippen LogP) is 3.55. The van der Waals surface area contributed by atoms with Crippen LogP contribution < -0.4 is 14.8 Å². The van der Waals surface area contributed by atoms with Crippen molar-refractivity contribution < 1.29 is 23.8 Å². The third kappa shape index (κ3) is 2.84. The van der Waals surface area contributed by atoms with Gasteiger partial charge in [0.25, 0.3) is 5.91 Å².